The van der Waals surface area contributed by atoms with Crippen molar-refractivity contribution in [1.82, 2.24) is 25.4 Å². The number of halogens is 2. The van der Waals surface area contributed by atoms with Crippen LogP contribution in [0.5, 0.6) is 0 Å². The highest BCUT2D eigenvalue weighted by molar-refractivity contribution is 6.31. The molecule has 0 saturated carbocycles. The van der Waals surface area contributed by atoms with Crippen molar-refractivity contribution in [3.63, 3.8) is 0 Å². The van der Waals surface area contributed by atoms with Gasteiger partial charge in [0.15, 0.2) is 0 Å². The summed E-state index contributed by atoms with van der Waals surface area (Å²) in [5, 5.41) is 9.96. The van der Waals surface area contributed by atoms with E-state index in [0.29, 0.717) is 30.0 Å². The molecule has 0 aliphatic carbocycles. The van der Waals surface area contributed by atoms with Crippen LogP contribution in [-0.2, 0) is 16.1 Å². The molecule has 1 aliphatic rings. The van der Waals surface area contributed by atoms with Gasteiger partial charge < -0.3 is 20.3 Å². The van der Waals surface area contributed by atoms with E-state index >= 15 is 0 Å². The monoisotopic (exact) mass is 542 g/mol. The molecular formula is C26H28ClFN6O4. The van der Waals surface area contributed by atoms with Crippen LogP contribution in [0.4, 0.5) is 19.8 Å². The van der Waals surface area contributed by atoms with Gasteiger partial charge in [-0.05, 0) is 41.3 Å². The molecule has 1 aliphatic heterocycles. The summed E-state index contributed by atoms with van der Waals surface area (Å²) in [6.45, 7) is 1.66. The number of amides is 4. The lowest BCUT2D eigenvalue weighted by atomic mass is 10.2. The van der Waals surface area contributed by atoms with Gasteiger partial charge >= 0.3 is 12.1 Å². The lowest BCUT2D eigenvalue weighted by Gasteiger charge is -2.34. The second-order valence-corrected chi connectivity index (χ2v) is 9.29. The number of ether oxygens (including phenoxy) is 1. The number of nitrogens with one attached hydrogen (secondary N) is 3. The Hall–Kier alpha value is -3.96. The van der Waals surface area contributed by atoms with Crippen LogP contribution in [0.2, 0.25) is 5.02 Å². The van der Waals surface area contributed by atoms with Crippen molar-refractivity contribution in [3.8, 4) is 0 Å². The summed E-state index contributed by atoms with van der Waals surface area (Å²) in [4.78, 5) is 44.8. The van der Waals surface area contributed by atoms with Crippen LogP contribution in [0.15, 0.2) is 54.7 Å². The molecule has 0 radical (unpaired) electrons. The summed E-state index contributed by atoms with van der Waals surface area (Å²) >= 11 is 6.19. The number of rotatable bonds is 8. The van der Waals surface area contributed by atoms with E-state index in [0.717, 1.165) is 10.9 Å². The highest BCUT2D eigenvalue weighted by Gasteiger charge is 2.27. The number of anilines is 1. The first-order chi connectivity index (χ1) is 18.3. The zero-order valence-corrected chi connectivity index (χ0v) is 21.5. The van der Waals surface area contributed by atoms with Gasteiger partial charge in [0.1, 0.15) is 18.2 Å². The van der Waals surface area contributed by atoms with Crippen molar-refractivity contribution >= 4 is 46.2 Å². The van der Waals surface area contributed by atoms with Crippen LogP contribution < -0.4 is 16.0 Å². The Bertz CT molecular complexity index is 1330. The molecular weight excluding hydrogens is 515 g/mol. The number of benzene rings is 2. The third-order valence-electron chi connectivity index (χ3n) is 6.16. The molecule has 3 N–H and O–H groups in total. The van der Waals surface area contributed by atoms with Crippen molar-refractivity contribution in [2.75, 3.05) is 45.2 Å². The fourth-order valence-electron chi connectivity index (χ4n) is 4.03. The first-order valence-electron chi connectivity index (χ1n) is 12.0. The molecule has 1 aromatic heterocycles. The zero-order valence-electron chi connectivity index (χ0n) is 20.7. The maximum absolute atomic E-state index is 13.6. The lowest BCUT2D eigenvalue weighted by Crippen LogP contribution is -2.55. The number of aromatic nitrogens is 1. The standard InChI is InChI=1S/C26H28ClFN6O4/c1-33(25(36)31-13-18-4-2-3-5-22(18)27)21(14-34-9-8-29-24(35)15-34)16-38-26(37)32-23-11-19-10-20(28)7-6-17(19)12-30-23/h2-7,10-12,21H,8-9,13-16H2,1H3,(H,29,35)(H,31,36)(H,30,32,37)/t21-/m0/s1. The third kappa shape index (κ3) is 7.30. The number of carbonyl (C=O) groups excluding carboxylic acids is 3. The molecule has 2 aromatic carbocycles. The van der Waals surface area contributed by atoms with Crippen molar-refractivity contribution in [3.05, 3.63) is 71.1 Å². The van der Waals surface area contributed by atoms with Crippen molar-refractivity contribution < 1.29 is 23.5 Å². The SMILES string of the molecule is CN(C(=O)NCc1ccccc1Cl)[C@H](COC(=O)Nc1cc2cc(F)ccc2cn1)CN1CCNC(=O)C1. The van der Waals surface area contributed by atoms with Crippen LogP contribution in [-0.4, -0.2) is 78.7 Å². The van der Waals surface area contributed by atoms with Gasteiger partial charge in [-0.15, -0.1) is 0 Å². The highest BCUT2D eigenvalue weighted by Crippen LogP contribution is 2.18. The minimum Gasteiger partial charge on any atom is -0.447 e. The molecule has 4 rings (SSSR count). The van der Waals surface area contributed by atoms with Gasteiger partial charge in [0.05, 0.1) is 12.6 Å². The largest absolute Gasteiger partial charge is 0.447 e. The zero-order chi connectivity index (χ0) is 27.1. The van der Waals surface area contributed by atoms with Crippen molar-refractivity contribution in [2.24, 2.45) is 0 Å². The summed E-state index contributed by atoms with van der Waals surface area (Å²) in [7, 11) is 1.59. The topological polar surface area (TPSA) is 116 Å². The minimum atomic E-state index is -0.778. The van der Waals surface area contributed by atoms with Gasteiger partial charge in [-0.2, -0.15) is 0 Å². The molecule has 12 heteroatoms. The van der Waals surface area contributed by atoms with Gasteiger partial charge in [-0.25, -0.2) is 19.0 Å². The highest BCUT2D eigenvalue weighted by atomic mass is 35.5. The predicted octanol–water partition coefficient (Wildman–Crippen LogP) is 3.22. The average molecular weight is 543 g/mol. The molecule has 4 amide bonds. The normalized spacial score (nSPS) is 14.4. The Labute approximate surface area is 224 Å². The second kappa shape index (κ2) is 12.5. The maximum atomic E-state index is 13.6. The number of piperazine rings is 1. The van der Waals surface area contributed by atoms with Crippen molar-refractivity contribution in [2.45, 2.75) is 12.6 Å². The summed E-state index contributed by atoms with van der Waals surface area (Å²) in [6.07, 6.45) is 0.741. The summed E-state index contributed by atoms with van der Waals surface area (Å²) in [6, 6.07) is 12.0. The number of hydrogen-bond donors (Lipinski definition) is 3. The predicted molar refractivity (Wildman–Crippen MR) is 141 cm³/mol. The van der Waals surface area contributed by atoms with E-state index in [-0.39, 0.29) is 31.4 Å². The average Bonchev–Trinajstić information content (AvgIpc) is 2.89. The fraction of sp³-hybridized carbons (Fsp3) is 0.308. The Morgan fingerprint density at radius 3 is 2.84 bits per heavy atom. The number of nitrogens with zero attached hydrogens (tertiary/aromatic N) is 3. The molecule has 1 fully saturated rings. The van der Waals surface area contributed by atoms with Crippen LogP contribution in [0.1, 0.15) is 5.56 Å². The van der Waals surface area contributed by atoms with Gasteiger partial charge in [0, 0.05) is 49.8 Å². The molecule has 200 valence electrons. The Kier molecular flexibility index (Phi) is 8.93. The molecule has 3 aromatic rings. The first-order valence-corrected chi connectivity index (χ1v) is 12.4. The quantitative estimate of drug-likeness (QED) is 0.402. The summed E-state index contributed by atoms with van der Waals surface area (Å²) in [5.41, 5.74) is 0.763. The number of urea groups is 1. The molecule has 38 heavy (non-hydrogen) atoms. The van der Waals surface area contributed by atoms with Crippen LogP contribution in [0.3, 0.4) is 0 Å². The molecule has 1 saturated heterocycles. The smallest absolute Gasteiger partial charge is 0.412 e. The number of pyridine rings is 1. The van der Waals surface area contributed by atoms with Gasteiger partial charge in [-0.3, -0.25) is 15.0 Å². The van der Waals surface area contributed by atoms with Gasteiger partial charge in [0.25, 0.3) is 0 Å². The van der Waals surface area contributed by atoms with E-state index in [9.17, 15) is 18.8 Å². The molecule has 0 unspecified atom stereocenters. The molecule has 0 spiro atoms. The number of hydrogen-bond acceptors (Lipinski definition) is 6. The van der Waals surface area contributed by atoms with Crippen LogP contribution in [0, 0.1) is 5.82 Å². The first kappa shape index (κ1) is 27.1. The fourth-order valence-corrected chi connectivity index (χ4v) is 4.23. The van der Waals surface area contributed by atoms with E-state index in [1.807, 2.05) is 17.0 Å². The van der Waals surface area contributed by atoms with Gasteiger partial charge in [-0.1, -0.05) is 29.8 Å². The Morgan fingerprint density at radius 2 is 2.05 bits per heavy atom. The Morgan fingerprint density at radius 1 is 1.24 bits per heavy atom. The van der Waals surface area contributed by atoms with Crippen LogP contribution >= 0.6 is 11.6 Å². The van der Waals surface area contributed by atoms with E-state index in [2.05, 4.69) is 20.9 Å². The number of fused-ring (bicyclic) bond motifs is 1. The van der Waals surface area contributed by atoms with Crippen LogP contribution in [0.25, 0.3) is 10.8 Å². The van der Waals surface area contributed by atoms with E-state index in [1.165, 1.54) is 29.3 Å². The third-order valence-corrected chi connectivity index (χ3v) is 6.53. The molecule has 10 nitrogen and oxygen atoms in total. The molecule has 1 atom stereocenters. The molecule has 0 bridgehead atoms. The lowest BCUT2D eigenvalue weighted by molar-refractivity contribution is -0.124. The number of likely N-dealkylation sites (N-methyl/N-ethyl adjacent to an activating group) is 1. The summed E-state index contributed by atoms with van der Waals surface area (Å²) < 4.78 is 19.0. The number of carbonyl (C=O) groups is 3. The minimum absolute atomic E-state index is 0.113. The van der Waals surface area contributed by atoms with E-state index in [1.54, 1.807) is 25.2 Å². The Balaban J connectivity index is 1.39. The van der Waals surface area contributed by atoms with Crippen molar-refractivity contribution in [1.29, 1.82) is 0 Å². The van der Waals surface area contributed by atoms with E-state index < -0.39 is 24.0 Å². The van der Waals surface area contributed by atoms with E-state index in [4.69, 9.17) is 16.3 Å². The summed E-state index contributed by atoms with van der Waals surface area (Å²) in [5.74, 6) is -0.316. The van der Waals surface area contributed by atoms with Gasteiger partial charge in [0.2, 0.25) is 5.91 Å². The molecule has 2 heterocycles. The second-order valence-electron chi connectivity index (χ2n) is 8.88. The maximum Gasteiger partial charge on any atom is 0.412 e.